The maximum atomic E-state index is 12.5. The van der Waals surface area contributed by atoms with Crippen LogP contribution in [-0.4, -0.2) is 40.7 Å². The molecular weight excluding hydrogens is 352 g/mol. The molecule has 0 fully saturated rings. The molecule has 0 saturated carbocycles. The molecule has 0 atom stereocenters. The zero-order valence-electron chi connectivity index (χ0n) is 14.1. The van der Waals surface area contributed by atoms with Crippen LogP contribution in [0.25, 0.3) is 5.69 Å². The number of amides is 2. The number of imidazole rings is 1. The fourth-order valence-electron chi connectivity index (χ4n) is 2.40. The van der Waals surface area contributed by atoms with Gasteiger partial charge in [0.2, 0.25) is 0 Å². The SMILES string of the molecule is CSc1ncc(C(=O)NCCNC(=O)c2ccco2)n1-c1ccccc1. The van der Waals surface area contributed by atoms with Gasteiger partial charge in [-0.3, -0.25) is 14.2 Å². The van der Waals surface area contributed by atoms with Crippen molar-refractivity contribution in [2.75, 3.05) is 19.3 Å². The molecule has 2 heterocycles. The molecule has 134 valence electrons. The van der Waals surface area contributed by atoms with E-state index in [0.717, 1.165) is 10.8 Å². The number of hydrogen-bond donors (Lipinski definition) is 2. The maximum absolute atomic E-state index is 12.5. The van der Waals surface area contributed by atoms with Crippen LogP contribution in [0.3, 0.4) is 0 Å². The van der Waals surface area contributed by atoms with E-state index in [1.54, 1.807) is 22.9 Å². The van der Waals surface area contributed by atoms with Gasteiger partial charge in [-0.15, -0.1) is 0 Å². The molecule has 2 aromatic heterocycles. The Morgan fingerprint density at radius 1 is 1.08 bits per heavy atom. The van der Waals surface area contributed by atoms with Gasteiger partial charge in [-0.1, -0.05) is 30.0 Å². The van der Waals surface area contributed by atoms with E-state index in [2.05, 4.69) is 15.6 Å². The van der Waals surface area contributed by atoms with E-state index in [1.807, 2.05) is 36.6 Å². The second-order valence-corrected chi connectivity index (χ2v) is 6.06. The van der Waals surface area contributed by atoms with Gasteiger partial charge in [-0.05, 0) is 30.5 Å². The number of aromatic nitrogens is 2. The summed E-state index contributed by atoms with van der Waals surface area (Å²) in [4.78, 5) is 28.6. The molecule has 0 spiro atoms. The van der Waals surface area contributed by atoms with Crippen molar-refractivity contribution in [3.8, 4) is 5.69 Å². The highest BCUT2D eigenvalue weighted by Crippen LogP contribution is 2.21. The lowest BCUT2D eigenvalue weighted by molar-refractivity contribution is 0.0908. The molecule has 8 heteroatoms. The average molecular weight is 370 g/mol. The van der Waals surface area contributed by atoms with Gasteiger partial charge in [-0.2, -0.15) is 0 Å². The third kappa shape index (κ3) is 3.97. The summed E-state index contributed by atoms with van der Waals surface area (Å²) < 4.78 is 6.82. The molecule has 3 aromatic rings. The average Bonchev–Trinajstić information content (AvgIpc) is 3.35. The summed E-state index contributed by atoms with van der Waals surface area (Å²) in [7, 11) is 0. The number of benzene rings is 1. The zero-order chi connectivity index (χ0) is 18.4. The van der Waals surface area contributed by atoms with Crippen molar-refractivity contribution in [2.45, 2.75) is 5.16 Å². The van der Waals surface area contributed by atoms with Crippen LogP contribution in [0.15, 0.2) is 64.5 Å². The van der Waals surface area contributed by atoms with Crippen LogP contribution >= 0.6 is 11.8 Å². The first-order valence-corrected chi connectivity index (χ1v) is 9.20. The summed E-state index contributed by atoms with van der Waals surface area (Å²) in [5, 5.41) is 6.20. The topological polar surface area (TPSA) is 89.2 Å². The fraction of sp³-hybridized carbons (Fsp3) is 0.167. The van der Waals surface area contributed by atoms with E-state index in [0.29, 0.717) is 18.8 Å². The van der Waals surface area contributed by atoms with Gasteiger partial charge in [0.1, 0.15) is 5.69 Å². The number of para-hydroxylation sites is 1. The summed E-state index contributed by atoms with van der Waals surface area (Å²) in [5.41, 5.74) is 1.31. The number of nitrogens with one attached hydrogen (secondary N) is 2. The molecule has 1 aromatic carbocycles. The van der Waals surface area contributed by atoms with Crippen LogP contribution < -0.4 is 10.6 Å². The van der Waals surface area contributed by atoms with E-state index in [-0.39, 0.29) is 17.6 Å². The number of hydrogen-bond acceptors (Lipinski definition) is 5. The second-order valence-electron chi connectivity index (χ2n) is 5.29. The van der Waals surface area contributed by atoms with Crippen molar-refractivity contribution in [2.24, 2.45) is 0 Å². The molecule has 0 radical (unpaired) electrons. The third-order valence-electron chi connectivity index (χ3n) is 3.60. The summed E-state index contributed by atoms with van der Waals surface area (Å²) >= 11 is 1.46. The molecule has 3 rings (SSSR count). The van der Waals surface area contributed by atoms with Gasteiger partial charge >= 0.3 is 0 Å². The Hall–Kier alpha value is -3.00. The minimum absolute atomic E-state index is 0.239. The van der Waals surface area contributed by atoms with Crippen molar-refractivity contribution in [1.29, 1.82) is 0 Å². The maximum Gasteiger partial charge on any atom is 0.287 e. The van der Waals surface area contributed by atoms with Crippen LogP contribution in [0, 0.1) is 0 Å². The molecule has 26 heavy (non-hydrogen) atoms. The van der Waals surface area contributed by atoms with Crippen LogP contribution in [0.4, 0.5) is 0 Å². The van der Waals surface area contributed by atoms with E-state index in [9.17, 15) is 9.59 Å². The Balaban J connectivity index is 1.62. The Morgan fingerprint density at radius 3 is 2.46 bits per heavy atom. The van der Waals surface area contributed by atoms with Gasteiger partial charge in [0.05, 0.1) is 12.5 Å². The Labute approximate surface area is 154 Å². The monoisotopic (exact) mass is 370 g/mol. The van der Waals surface area contributed by atoms with E-state index < -0.39 is 0 Å². The Bertz CT molecular complexity index is 875. The number of furan rings is 1. The lowest BCUT2D eigenvalue weighted by Crippen LogP contribution is -2.35. The standard InChI is InChI=1S/C18H18N4O3S/c1-26-18-21-12-14(22(18)13-6-3-2-4-7-13)16(23)19-9-10-20-17(24)15-8-5-11-25-15/h2-8,11-12H,9-10H2,1H3,(H,19,23)(H,20,24). The largest absolute Gasteiger partial charge is 0.459 e. The minimum atomic E-state index is -0.316. The van der Waals surface area contributed by atoms with Crippen LogP contribution in [0.1, 0.15) is 21.0 Å². The van der Waals surface area contributed by atoms with Gasteiger partial charge in [0.25, 0.3) is 11.8 Å². The molecule has 7 nitrogen and oxygen atoms in total. The Kier molecular flexibility index (Phi) is 5.75. The summed E-state index contributed by atoms with van der Waals surface area (Å²) in [5.74, 6) is -0.333. The fourth-order valence-corrected chi connectivity index (χ4v) is 2.95. The van der Waals surface area contributed by atoms with Crippen molar-refractivity contribution in [1.82, 2.24) is 20.2 Å². The molecule has 2 N–H and O–H groups in total. The van der Waals surface area contributed by atoms with Crippen molar-refractivity contribution in [3.05, 3.63) is 66.4 Å². The second kappa shape index (κ2) is 8.39. The number of carbonyl (C=O) groups excluding carboxylic acids is 2. The first-order valence-electron chi connectivity index (χ1n) is 7.97. The van der Waals surface area contributed by atoms with Gasteiger partial charge in [0, 0.05) is 18.8 Å². The number of nitrogens with zero attached hydrogens (tertiary/aromatic N) is 2. The quantitative estimate of drug-likeness (QED) is 0.492. The van der Waals surface area contributed by atoms with Crippen molar-refractivity contribution < 1.29 is 14.0 Å². The first kappa shape index (κ1) is 17.8. The number of carbonyl (C=O) groups is 2. The molecule has 0 bridgehead atoms. The predicted molar refractivity (Wildman–Crippen MR) is 98.7 cm³/mol. The lowest BCUT2D eigenvalue weighted by atomic mass is 10.3. The highest BCUT2D eigenvalue weighted by molar-refractivity contribution is 7.98. The minimum Gasteiger partial charge on any atom is -0.459 e. The van der Waals surface area contributed by atoms with Crippen molar-refractivity contribution >= 4 is 23.6 Å². The number of rotatable bonds is 7. The van der Waals surface area contributed by atoms with Gasteiger partial charge in [-0.25, -0.2) is 4.98 Å². The Morgan fingerprint density at radius 2 is 1.81 bits per heavy atom. The molecule has 0 aliphatic heterocycles. The normalized spacial score (nSPS) is 10.5. The van der Waals surface area contributed by atoms with Crippen LogP contribution in [0.5, 0.6) is 0 Å². The summed E-state index contributed by atoms with van der Waals surface area (Å²) in [6.45, 7) is 0.583. The smallest absolute Gasteiger partial charge is 0.287 e. The van der Waals surface area contributed by atoms with E-state index in [4.69, 9.17) is 4.42 Å². The van der Waals surface area contributed by atoms with Crippen LogP contribution in [0.2, 0.25) is 0 Å². The van der Waals surface area contributed by atoms with Gasteiger partial charge < -0.3 is 15.1 Å². The van der Waals surface area contributed by atoms with Gasteiger partial charge in [0.15, 0.2) is 10.9 Å². The van der Waals surface area contributed by atoms with E-state index >= 15 is 0 Å². The molecule has 0 aliphatic rings. The molecule has 2 amide bonds. The van der Waals surface area contributed by atoms with Crippen LogP contribution in [-0.2, 0) is 0 Å². The molecule has 0 aliphatic carbocycles. The molecular formula is C18H18N4O3S. The first-order chi connectivity index (χ1) is 12.7. The molecule has 0 saturated heterocycles. The third-order valence-corrected chi connectivity index (χ3v) is 4.25. The highest BCUT2D eigenvalue weighted by atomic mass is 32.2. The molecule has 0 unspecified atom stereocenters. The zero-order valence-corrected chi connectivity index (χ0v) is 15.0. The van der Waals surface area contributed by atoms with Crippen molar-refractivity contribution in [3.63, 3.8) is 0 Å². The number of thioether (sulfide) groups is 1. The van der Waals surface area contributed by atoms with E-state index in [1.165, 1.54) is 18.0 Å². The predicted octanol–water partition coefficient (Wildman–Crippen LogP) is 2.35. The summed E-state index contributed by atoms with van der Waals surface area (Å²) in [6.07, 6.45) is 4.90. The highest BCUT2D eigenvalue weighted by Gasteiger charge is 2.17. The lowest BCUT2D eigenvalue weighted by Gasteiger charge is -2.11. The summed E-state index contributed by atoms with van der Waals surface area (Å²) in [6, 6.07) is 12.8.